The summed E-state index contributed by atoms with van der Waals surface area (Å²) in [7, 11) is 0. The van der Waals surface area contributed by atoms with Crippen LogP contribution in [0.1, 0.15) is 24.4 Å². The van der Waals surface area contributed by atoms with E-state index in [4.69, 9.17) is 15.2 Å². The molecule has 0 spiro atoms. The number of amides is 1. The average Bonchev–Trinajstić information content (AvgIpc) is 2.70. The molecule has 8 heteroatoms. The highest BCUT2D eigenvalue weighted by Crippen LogP contribution is 2.30. The van der Waals surface area contributed by atoms with Crippen molar-refractivity contribution >= 4 is 30.7 Å². The van der Waals surface area contributed by atoms with Crippen molar-refractivity contribution in [1.29, 1.82) is 0 Å². The molecule has 2 aliphatic rings. The van der Waals surface area contributed by atoms with Gasteiger partial charge < -0.3 is 20.5 Å². The minimum absolute atomic E-state index is 0. The smallest absolute Gasteiger partial charge is 0.227 e. The first kappa shape index (κ1) is 24.1. The topological polar surface area (TPSA) is 76.8 Å². The number of ether oxygens (including phenoxy) is 2. The highest BCUT2D eigenvalue weighted by Gasteiger charge is 2.39. The molecule has 3 N–H and O–H groups in total. The number of rotatable bonds is 6. The van der Waals surface area contributed by atoms with Crippen LogP contribution in [-0.2, 0) is 14.3 Å². The van der Waals surface area contributed by atoms with Gasteiger partial charge in [0, 0.05) is 39.4 Å². The Hall–Kier alpha value is -0.890. The SMILES string of the molecule is Cl.Cl.NCC1(C(=O)NCC(c2ccccc2)N2CCOCC2)CCOCC1. The van der Waals surface area contributed by atoms with E-state index in [9.17, 15) is 4.79 Å². The van der Waals surface area contributed by atoms with Crippen molar-refractivity contribution in [1.82, 2.24) is 10.2 Å². The number of nitrogens with two attached hydrogens (primary N) is 1. The quantitative estimate of drug-likeness (QED) is 0.734. The van der Waals surface area contributed by atoms with Gasteiger partial charge in [-0.15, -0.1) is 24.8 Å². The zero-order valence-electron chi connectivity index (χ0n) is 15.6. The minimum Gasteiger partial charge on any atom is -0.381 e. The maximum Gasteiger partial charge on any atom is 0.227 e. The molecule has 1 unspecified atom stereocenters. The van der Waals surface area contributed by atoms with Crippen molar-refractivity contribution in [3.8, 4) is 0 Å². The number of hydrogen-bond acceptors (Lipinski definition) is 5. The highest BCUT2D eigenvalue weighted by atomic mass is 35.5. The third kappa shape index (κ3) is 6.04. The molecule has 2 heterocycles. The summed E-state index contributed by atoms with van der Waals surface area (Å²) in [6.45, 7) is 5.41. The van der Waals surface area contributed by atoms with Crippen molar-refractivity contribution in [2.75, 3.05) is 52.6 Å². The Morgan fingerprint density at radius 2 is 1.67 bits per heavy atom. The molecule has 27 heavy (non-hydrogen) atoms. The van der Waals surface area contributed by atoms with Crippen LogP contribution in [-0.4, -0.2) is 63.4 Å². The third-order valence-corrected chi connectivity index (χ3v) is 5.45. The number of nitrogens with one attached hydrogen (secondary N) is 1. The van der Waals surface area contributed by atoms with Crippen LogP contribution in [0, 0.1) is 5.41 Å². The van der Waals surface area contributed by atoms with E-state index in [1.54, 1.807) is 0 Å². The first-order valence-electron chi connectivity index (χ1n) is 9.18. The van der Waals surface area contributed by atoms with Crippen LogP contribution >= 0.6 is 24.8 Å². The number of nitrogens with zero attached hydrogens (tertiary/aromatic N) is 1. The predicted octanol–water partition coefficient (Wildman–Crippen LogP) is 1.78. The van der Waals surface area contributed by atoms with E-state index in [1.165, 1.54) is 5.56 Å². The van der Waals surface area contributed by atoms with Crippen molar-refractivity contribution < 1.29 is 14.3 Å². The zero-order chi connectivity index (χ0) is 17.5. The zero-order valence-corrected chi connectivity index (χ0v) is 17.2. The number of carbonyl (C=O) groups excluding carboxylic acids is 1. The van der Waals surface area contributed by atoms with Gasteiger partial charge in [0.15, 0.2) is 0 Å². The fourth-order valence-electron chi connectivity index (χ4n) is 3.68. The Bertz CT molecular complexity index is 550. The van der Waals surface area contributed by atoms with E-state index >= 15 is 0 Å². The second-order valence-corrected chi connectivity index (χ2v) is 6.88. The lowest BCUT2D eigenvalue weighted by molar-refractivity contribution is -0.136. The molecular formula is C19H31Cl2N3O3. The van der Waals surface area contributed by atoms with Crippen molar-refractivity contribution in [2.24, 2.45) is 11.1 Å². The summed E-state index contributed by atoms with van der Waals surface area (Å²) < 4.78 is 10.9. The Kier molecular flexibility index (Phi) is 10.6. The second-order valence-electron chi connectivity index (χ2n) is 6.88. The van der Waals surface area contributed by atoms with Crippen LogP contribution in [0.25, 0.3) is 0 Å². The lowest BCUT2D eigenvalue weighted by Gasteiger charge is -2.37. The summed E-state index contributed by atoms with van der Waals surface area (Å²) in [6.07, 6.45) is 1.39. The van der Waals surface area contributed by atoms with Crippen LogP contribution in [0.5, 0.6) is 0 Å². The fourth-order valence-corrected chi connectivity index (χ4v) is 3.68. The summed E-state index contributed by atoms with van der Waals surface area (Å²) in [5, 5.41) is 3.18. The standard InChI is InChI=1S/C19H29N3O3.2ClH/c20-15-19(6-10-24-11-7-19)18(23)21-14-17(16-4-2-1-3-5-16)22-8-12-25-13-9-22;;/h1-5,17H,6-15,20H2,(H,21,23);2*1H. The molecular weight excluding hydrogens is 389 g/mol. The van der Waals surface area contributed by atoms with Gasteiger partial charge in [0.2, 0.25) is 5.91 Å². The van der Waals surface area contributed by atoms with E-state index in [0.717, 1.165) is 26.3 Å². The van der Waals surface area contributed by atoms with Crippen molar-refractivity contribution in [3.63, 3.8) is 0 Å². The van der Waals surface area contributed by atoms with E-state index in [0.29, 0.717) is 39.1 Å². The van der Waals surface area contributed by atoms with Crippen molar-refractivity contribution in [2.45, 2.75) is 18.9 Å². The summed E-state index contributed by atoms with van der Waals surface area (Å²) in [5.74, 6) is 0.0625. The first-order chi connectivity index (χ1) is 12.2. The molecule has 1 aromatic carbocycles. The van der Waals surface area contributed by atoms with Crippen LogP contribution in [0.4, 0.5) is 0 Å². The summed E-state index contributed by atoms with van der Waals surface area (Å²) in [6, 6.07) is 10.5. The van der Waals surface area contributed by atoms with Crippen LogP contribution in [0.2, 0.25) is 0 Å². The van der Waals surface area contributed by atoms with Gasteiger partial charge in [-0.2, -0.15) is 0 Å². The molecule has 3 rings (SSSR count). The van der Waals surface area contributed by atoms with Crippen LogP contribution in [0.3, 0.4) is 0 Å². The molecule has 1 amide bonds. The summed E-state index contributed by atoms with van der Waals surface area (Å²) >= 11 is 0. The number of hydrogen-bond donors (Lipinski definition) is 2. The van der Waals surface area contributed by atoms with Gasteiger partial charge in [0.25, 0.3) is 0 Å². The lowest BCUT2D eigenvalue weighted by atomic mass is 9.79. The van der Waals surface area contributed by atoms with Crippen molar-refractivity contribution in [3.05, 3.63) is 35.9 Å². The number of carbonyl (C=O) groups is 1. The summed E-state index contributed by atoms with van der Waals surface area (Å²) in [5.41, 5.74) is 6.70. The molecule has 1 atom stereocenters. The predicted molar refractivity (Wildman–Crippen MR) is 111 cm³/mol. The largest absolute Gasteiger partial charge is 0.381 e. The van der Waals surface area contributed by atoms with E-state index in [1.807, 2.05) is 18.2 Å². The maximum atomic E-state index is 12.9. The fraction of sp³-hybridized carbons (Fsp3) is 0.632. The Morgan fingerprint density at radius 3 is 2.26 bits per heavy atom. The normalized spacial score (nSPS) is 20.6. The molecule has 0 saturated carbocycles. The van der Waals surface area contributed by atoms with Gasteiger partial charge in [0.05, 0.1) is 24.7 Å². The van der Waals surface area contributed by atoms with E-state index < -0.39 is 5.41 Å². The molecule has 2 saturated heterocycles. The molecule has 0 aliphatic carbocycles. The first-order valence-corrected chi connectivity index (χ1v) is 9.18. The molecule has 0 radical (unpaired) electrons. The molecule has 6 nitrogen and oxygen atoms in total. The lowest BCUT2D eigenvalue weighted by Crippen LogP contribution is -2.51. The summed E-state index contributed by atoms with van der Waals surface area (Å²) in [4.78, 5) is 15.3. The van der Waals surface area contributed by atoms with Gasteiger partial charge in [-0.25, -0.2) is 0 Å². The number of benzene rings is 1. The van der Waals surface area contributed by atoms with E-state index in [2.05, 4.69) is 22.3 Å². The Labute approximate surface area is 174 Å². The Balaban J connectivity index is 0.00000182. The Morgan fingerprint density at radius 1 is 1.07 bits per heavy atom. The molecule has 1 aromatic rings. The molecule has 0 aromatic heterocycles. The van der Waals surface area contributed by atoms with E-state index in [-0.39, 0.29) is 36.8 Å². The van der Waals surface area contributed by atoms with Gasteiger partial charge >= 0.3 is 0 Å². The highest BCUT2D eigenvalue weighted by molar-refractivity contribution is 5.85. The minimum atomic E-state index is -0.482. The average molecular weight is 420 g/mol. The van der Waals surface area contributed by atoms with Gasteiger partial charge in [0.1, 0.15) is 0 Å². The number of morpholine rings is 1. The monoisotopic (exact) mass is 419 g/mol. The van der Waals surface area contributed by atoms with Crippen LogP contribution in [0.15, 0.2) is 30.3 Å². The third-order valence-electron chi connectivity index (χ3n) is 5.45. The second kappa shape index (κ2) is 11.8. The molecule has 2 aliphatic heterocycles. The molecule has 154 valence electrons. The molecule has 0 bridgehead atoms. The number of halogens is 2. The molecule has 2 fully saturated rings. The van der Waals surface area contributed by atoms with Gasteiger partial charge in [-0.1, -0.05) is 30.3 Å². The van der Waals surface area contributed by atoms with Gasteiger partial charge in [-0.3, -0.25) is 9.69 Å². The maximum absolute atomic E-state index is 12.9. The van der Waals surface area contributed by atoms with Crippen LogP contribution < -0.4 is 11.1 Å². The van der Waals surface area contributed by atoms with Gasteiger partial charge in [-0.05, 0) is 18.4 Å².